The molecule has 0 aliphatic heterocycles. The molecule has 1 aromatic carbocycles. The molecule has 2 aromatic rings. The molecular weight excluding hydrogens is 288 g/mol. The van der Waals surface area contributed by atoms with Crippen molar-refractivity contribution in [3.05, 3.63) is 35.0 Å². The standard InChI is InChI=1S/C15H22N2.C4H8O2/c1-5-14-13(10-16-6-2)12-9-11(3)7-8-15(12)17(14)4;1-3-6-4(2)5/h7-9,16H,5-6,10H2,1-4H3;3H2,1-2H3. The summed E-state index contributed by atoms with van der Waals surface area (Å²) in [4.78, 5) is 9.82. The van der Waals surface area contributed by atoms with Crippen LogP contribution >= 0.6 is 0 Å². The number of nitrogens with zero attached hydrogens (tertiary/aromatic N) is 1. The van der Waals surface area contributed by atoms with Crippen molar-refractivity contribution in [2.75, 3.05) is 13.2 Å². The van der Waals surface area contributed by atoms with Gasteiger partial charge in [0.05, 0.1) is 6.61 Å². The van der Waals surface area contributed by atoms with Crippen LogP contribution < -0.4 is 5.32 Å². The fraction of sp³-hybridized carbons (Fsp3) is 0.526. The van der Waals surface area contributed by atoms with Crippen molar-refractivity contribution >= 4 is 16.9 Å². The molecular formula is C19H30N2O2. The van der Waals surface area contributed by atoms with E-state index in [-0.39, 0.29) is 5.97 Å². The second-order valence-corrected chi connectivity index (χ2v) is 5.56. The zero-order valence-electron chi connectivity index (χ0n) is 15.3. The Hall–Kier alpha value is -1.81. The molecule has 1 aromatic heterocycles. The highest BCUT2D eigenvalue weighted by atomic mass is 16.5. The molecule has 0 aliphatic rings. The van der Waals surface area contributed by atoms with E-state index in [0.29, 0.717) is 6.61 Å². The van der Waals surface area contributed by atoms with E-state index in [1.54, 1.807) is 6.92 Å². The smallest absolute Gasteiger partial charge is 0.302 e. The maximum atomic E-state index is 9.82. The van der Waals surface area contributed by atoms with Gasteiger partial charge in [0.15, 0.2) is 0 Å². The van der Waals surface area contributed by atoms with Crippen LogP contribution in [0.25, 0.3) is 10.9 Å². The van der Waals surface area contributed by atoms with Crippen molar-refractivity contribution in [3.63, 3.8) is 0 Å². The first-order chi connectivity index (χ1) is 11.0. The van der Waals surface area contributed by atoms with Gasteiger partial charge in [-0.05, 0) is 44.5 Å². The van der Waals surface area contributed by atoms with Gasteiger partial charge in [-0.1, -0.05) is 25.5 Å². The largest absolute Gasteiger partial charge is 0.466 e. The van der Waals surface area contributed by atoms with Gasteiger partial charge in [-0.15, -0.1) is 0 Å². The molecule has 0 atom stereocenters. The molecule has 1 heterocycles. The summed E-state index contributed by atoms with van der Waals surface area (Å²) < 4.78 is 6.74. The van der Waals surface area contributed by atoms with Gasteiger partial charge in [-0.25, -0.2) is 0 Å². The van der Waals surface area contributed by atoms with Gasteiger partial charge in [0.2, 0.25) is 0 Å². The van der Waals surface area contributed by atoms with Crippen LogP contribution in [0.4, 0.5) is 0 Å². The Morgan fingerprint density at radius 1 is 1.26 bits per heavy atom. The quantitative estimate of drug-likeness (QED) is 0.854. The third kappa shape index (κ3) is 5.10. The average molecular weight is 318 g/mol. The van der Waals surface area contributed by atoms with Crippen molar-refractivity contribution in [1.82, 2.24) is 9.88 Å². The van der Waals surface area contributed by atoms with Crippen molar-refractivity contribution in [2.45, 2.75) is 47.6 Å². The molecule has 0 saturated carbocycles. The van der Waals surface area contributed by atoms with Gasteiger partial charge < -0.3 is 14.6 Å². The summed E-state index contributed by atoms with van der Waals surface area (Å²) in [6.07, 6.45) is 1.09. The maximum absolute atomic E-state index is 9.82. The molecule has 0 fully saturated rings. The van der Waals surface area contributed by atoms with E-state index >= 15 is 0 Å². The van der Waals surface area contributed by atoms with E-state index in [0.717, 1.165) is 19.5 Å². The van der Waals surface area contributed by atoms with E-state index in [1.165, 1.54) is 34.6 Å². The highest BCUT2D eigenvalue weighted by molar-refractivity contribution is 5.86. The Morgan fingerprint density at radius 3 is 2.43 bits per heavy atom. The van der Waals surface area contributed by atoms with Crippen molar-refractivity contribution in [3.8, 4) is 0 Å². The highest BCUT2D eigenvalue weighted by Crippen LogP contribution is 2.26. The summed E-state index contributed by atoms with van der Waals surface area (Å²) in [6, 6.07) is 6.74. The lowest BCUT2D eigenvalue weighted by molar-refractivity contribution is -0.140. The van der Waals surface area contributed by atoms with E-state index in [1.807, 2.05) is 0 Å². The summed E-state index contributed by atoms with van der Waals surface area (Å²) in [5.74, 6) is -0.211. The van der Waals surface area contributed by atoms with Crippen LogP contribution in [0.15, 0.2) is 18.2 Å². The van der Waals surface area contributed by atoms with Crippen LogP contribution in [0, 0.1) is 6.92 Å². The molecule has 0 unspecified atom stereocenters. The van der Waals surface area contributed by atoms with Crippen LogP contribution in [-0.2, 0) is 29.5 Å². The summed E-state index contributed by atoms with van der Waals surface area (Å²) in [6.45, 7) is 12.2. The molecule has 0 aliphatic carbocycles. The van der Waals surface area contributed by atoms with Gasteiger partial charge in [0, 0.05) is 37.1 Å². The minimum atomic E-state index is -0.211. The number of benzene rings is 1. The number of hydrogen-bond acceptors (Lipinski definition) is 3. The molecule has 128 valence electrons. The van der Waals surface area contributed by atoms with Crippen LogP contribution in [0.3, 0.4) is 0 Å². The maximum Gasteiger partial charge on any atom is 0.302 e. The molecule has 0 radical (unpaired) electrons. The Morgan fingerprint density at radius 2 is 1.96 bits per heavy atom. The lowest BCUT2D eigenvalue weighted by Crippen LogP contribution is -2.13. The number of hydrogen-bond donors (Lipinski definition) is 1. The molecule has 0 bridgehead atoms. The van der Waals surface area contributed by atoms with Gasteiger partial charge in [0.1, 0.15) is 0 Å². The van der Waals surface area contributed by atoms with Crippen molar-refractivity contribution < 1.29 is 9.53 Å². The molecule has 0 spiro atoms. The Bertz CT molecular complexity index is 644. The minimum absolute atomic E-state index is 0.211. The van der Waals surface area contributed by atoms with Crippen LogP contribution in [0.5, 0.6) is 0 Å². The Labute approximate surface area is 139 Å². The monoisotopic (exact) mass is 318 g/mol. The fourth-order valence-electron chi connectivity index (χ4n) is 2.79. The zero-order chi connectivity index (χ0) is 17.4. The number of aryl methyl sites for hydroxylation is 2. The topological polar surface area (TPSA) is 43.3 Å². The number of carbonyl (C=O) groups excluding carboxylic acids is 1. The molecule has 4 heteroatoms. The SMILES string of the molecule is CCNCc1c(CC)n(C)c2ccc(C)cc12.CCOC(C)=O. The second kappa shape index (κ2) is 9.36. The molecule has 2 rings (SSSR count). The lowest BCUT2D eigenvalue weighted by Gasteiger charge is -2.05. The van der Waals surface area contributed by atoms with Crippen LogP contribution in [-0.4, -0.2) is 23.7 Å². The summed E-state index contributed by atoms with van der Waals surface area (Å²) in [7, 11) is 2.17. The van der Waals surface area contributed by atoms with Gasteiger partial charge in [0.25, 0.3) is 0 Å². The molecule has 0 saturated heterocycles. The summed E-state index contributed by atoms with van der Waals surface area (Å²) in [5.41, 5.74) is 5.60. The highest BCUT2D eigenvalue weighted by Gasteiger charge is 2.12. The minimum Gasteiger partial charge on any atom is -0.466 e. The number of aromatic nitrogens is 1. The third-order valence-electron chi connectivity index (χ3n) is 3.83. The van der Waals surface area contributed by atoms with Crippen molar-refractivity contribution in [2.24, 2.45) is 7.05 Å². The number of rotatable bonds is 5. The number of ether oxygens (including phenoxy) is 1. The first kappa shape index (κ1) is 19.2. The number of carbonyl (C=O) groups is 1. The van der Waals surface area contributed by atoms with E-state index in [4.69, 9.17) is 0 Å². The van der Waals surface area contributed by atoms with Gasteiger partial charge in [-0.2, -0.15) is 0 Å². The second-order valence-electron chi connectivity index (χ2n) is 5.56. The lowest BCUT2D eigenvalue weighted by atomic mass is 10.1. The van der Waals surface area contributed by atoms with E-state index in [9.17, 15) is 4.79 Å². The normalized spacial score (nSPS) is 10.3. The predicted octanol–water partition coefficient (Wildman–Crippen LogP) is 3.73. The average Bonchev–Trinajstić information content (AvgIpc) is 2.76. The van der Waals surface area contributed by atoms with Gasteiger partial charge in [-0.3, -0.25) is 4.79 Å². The first-order valence-electron chi connectivity index (χ1n) is 8.36. The van der Waals surface area contributed by atoms with Crippen LogP contribution in [0.2, 0.25) is 0 Å². The molecule has 4 nitrogen and oxygen atoms in total. The summed E-state index contributed by atoms with van der Waals surface area (Å²) in [5, 5.41) is 4.86. The third-order valence-corrected chi connectivity index (χ3v) is 3.83. The van der Waals surface area contributed by atoms with E-state index in [2.05, 4.69) is 60.6 Å². The number of nitrogens with one attached hydrogen (secondary N) is 1. The summed E-state index contributed by atoms with van der Waals surface area (Å²) >= 11 is 0. The Balaban J connectivity index is 0.000000379. The zero-order valence-corrected chi connectivity index (χ0v) is 15.3. The van der Waals surface area contributed by atoms with Crippen molar-refractivity contribution in [1.29, 1.82) is 0 Å². The van der Waals surface area contributed by atoms with Gasteiger partial charge >= 0.3 is 5.97 Å². The fourth-order valence-corrected chi connectivity index (χ4v) is 2.79. The molecule has 0 amide bonds. The number of fused-ring (bicyclic) bond motifs is 1. The first-order valence-corrected chi connectivity index (χ1v) is 8.36. The Kier molecular flexibility index (Phi) is 7.83. The van der Waals surface area contributed by atoms with E-state index < -0.39 is 0 Å². The molecule has 23 heavy (non-hydrogen) atoms. The van der Waals surface area contributed by atoms with Crippen LogP contribution in [0.1, 0.15) is 44.5 Å². The molecule has 1 N–H and O–H groups in total. The predicted molar refractivity (Wildman–Crippen MR) is 96.7 cm³/mol. The number of esters is 1.